The topological polar surface area (TPSA) is 20.3 Å². The van der Waals surface area contributed by atoms with Crippen molar-refractivity contribution in [2.45, 2.75) is 13.3 Å². The summed E-state index contributed by atoms with van der Waals surface area (Å²) in [6.07, 6.45) is 9.94. The first kappa shape index (κ1) is 8.78. The lowest BCUT2D eigenvalue weighted by atomic mass is 10.2. The number of hydrogen-bond acceptors (Lipinski definition) is 2. The van der Waals surface area contributed by atoms with E-state index in [-0.39, 0.29) is 5.78 Å². The number of ketones is 1. The van der Waals surface area contributed by atoms with Crippen molar-refractivity contribution in [2.24, 2.45) is 0 Å². The summed E-state index contributed by atoms with van der Waals surface area (Å²) in [5.74, 6) is 0.164. The van der Waals surface area contributed by atoms with Crippen molar-refractivity contribution in [3.8, 4) is 0 Å². The van der Waals surface area contributed by atoms with E-state index in [4.69, 9.17) is 0 Å². The summed E-state index contributed by atoms with van der Waals surface area (Å²) in [4.78, 5) is 13.0. The van der Waals surface area contributed by atoms with Crippen LogP contribution in [0.4, 0.5) is 0 Å². The van der Waals surface area contributed by atoms with Gasteiger partial charge in [-0.25, -0.2) is 0 Å². The summed E-state index contributed by atoms with van der Waals surface area (Å²) in [6, 6.07) is 0. The summed E-state index contributed by atoms with van der Waals surface area (Å²) in [5, 5.41) is 0. The van der Waals surface area contributed by atoms with Crippen LogP contribution >= 0.6 is 0 Å². The highest BCUT2D eigenvalue weighted by Gasteiger charge is 2.02. The Bertz CT molecular complexity index is 261. The molecule has 1 heterocycles. The molecule has 1 rings (SSSR count). The van der Waals surface area contributed by atoms with Crippen LogP contribution in [-0.4, -0.2) is 17.7 Å². The zero-order valence-corrected chi connectivity index (χ0v) is 7.45. The normalized spacial score (nSPS) is 18.8. The molecule has 0 saturated heterocycles. The second kappa shape index (κ2) is 3.90. The van der Waals surface area contributed by atoms with Gasteiger partial charge in [0.1, 0.15) is 0 Å². The van der Waals surface area contributed by atoms with Crippen LogP contribution in [0.5, 0.6) is 0 Å². The molecule has 64 valence electrons. The third kappa shape index (κ3) is 2.09. The maximum atomic E-state index is 11.1. The molecule has 2 heteroatoms. The summed E-state index contributed by atoms with van der Waals surface area (Å²) < 4.78 is 0. The first-order valence-corrected chi connectivity index (χ1v) is 4.06. The predicted octanol–water partition coefficient (Wildman–Crippen LogP) is 1.86. The highest BCUT2D eigenvalue weighted by atomic mass is 16.1. The molecule has 1 aliphatic heterocycles. The van der Waals surface area contributed by atoms with E-state index in [9.17, 15) is 4.79 Å². The SMILES string of the molecule is CCC(=O)/C=C1\C=CC=CN1C. The van der Waals surface area contributed by atoms with Gasteiger partial charge in [-0.2, -0.15) is 0 Å². The Balaban J connectivity index is 2.75. The number of allylic oxidation sites excluding steroid dienone is 4. The number of rotatable bonds is 2. The van der Waals surface area contributed by atoms with Gasteiger partial charge in [0, 0.05) is 31.4 Å². The van der Waals surface area contributed by atoms with Crippen molar-refractivity contribution in [3.63, 3.8) is 0 Å². The number of carbonyl (C=O) groups is 1. The second-order valence-corrected chi connectivity index (χ2v) is 2.70. The lowest BCUT2D eigenvalue weighted by molar-refractivity contribution is -0.114. The van der Waals surface area contributed by atoms with Crippen LogP contribution in [0.25, 0.3) is 0 Å². The van der Waals surface area contributed by atoms with Crippen LogP contribution in [0, 0.1) is 0 Å². The molecular weight excluding hydrogens is 150 g/mol. The summed E-state index contributed by atoms with van der Waals surface area (Å²) >= 11 is 0. The third-order valence-electron chi connectivity index (χ3n) is 1.75. The Morgan fingerprint density at radius 2 is 2.33 bits per heavy atom. The van der Waals surface area contributed by atoms with E-state index in [0.29, 0.717) is 6.42 Å². The third-order valence-corrected chi connectivity index (χ3v) is 1.75. The minimum absolute atomic E-state index is 0.164. The van der Waals surface area contributed by atoms with Gasteiger partial charge in [-0.15, -0.1) is 0 Å². The van der Waals surface area contributed by atoms with Gasteiger partial charge < -0.3 is 4.90 Å². The zero-order valence-electron chi connectivity index (χ0n) is 7.45. The highest BCUT2D eigenvalue weighted by Crippen LogP contribution is 2.09. The molecule has 0 radical (unpaired) electrons. The Hall–Kier alpha value is -1.31. The van der Waals surface area contributed by atoms with E-state index in [1.54, 1.807) is 6.08 Å². The molecule has 12 heavy (non-hydrogen) atoms. The lowest BCUT2D eigenvalue weighted by Crippen LogP contribution is -2.11. The van der Waals surface area contributed by atoms with Crippen molar-refractivity contribution in [2.75, 3.05) is 7.05 Å². The Morgan fingerprint density at radius 1 is 1.58 bits per heavy atom. The first-order valence-electron chi connectivity index (χ1n) is 4.06. The van der Waals surface area contributed by atoms with E-state index < -0.39 is 0 Å². The molecule has 0 atom stereocenters. The van der Waals surface area contributed by atoms with Gasteiger partial charge in [0.2, 0.25) is 0 Å². The van der Waals surface area contributed by atoms with E-state index in [2.05, 4.69) is 0 Å². The van der Waals surface area contributed by atoms with Crippen LogP contribution in [0.1, 0.15) is 13.3 Å². The fourth-order valence-corrected chi connectivity index (χ4v) is 0.954. The Kier molecular flexibility index (Phi) is 2.86. The maximum absolute atomic E-state index is 11.1. The molecule has 2 nitrogen and oxygen atoms in total. The molecular formula is C10H13NO. The van der Waals surface area contributed by atoms with Crippen LogP contribution in [0.15, 0.2) is 36.2 Å². The fourth-order valence-electron chi connectivity index (χ4n) is 0.954. The maximum Gasteiger partial charge on any atom is 0.157 e. The van der Waals surface area contributed by atoms with Crippen molar-refractivity contribution >= 4 is 5.78 Å². The smallest absolute Gasteiger partial charge is 0.157 e. The first-order chi connectivity index (χ1) is 5.74. The van der Waals surface area contributed by atoms with Gasteiger partial charge in [0.15, 0.2) is 5.78 Å². The van der Waals surface area contributed by atoms with Gasteiger partial charge in [-0.05, 0) is 12.2 Å². The Morgan fingerprint density at radius 3 is 2.92 bits per heavy atom. The minimum Gasteiger partial charge on any atom is -0.351 e. The van der Waals surface area contributed by atoms with E-state index >= 15 is 0 Å². The predicted molar refractivity (Wildman–Crippen MR) is 49.4 cm³/mol. The number of carbonyl (C=O) groups excluding carboxylic acids is 1. The van der Waals surface area contributed by atoms with Crippen LogP contribution in [0.2, 0.25) is 0 Å². The minimum atomic E-state index is 0.164. The number of nitrogens with zero attached hydrogens (tertiary/aromatic N) is 1. The largest absolute Gasteiger partial charge is 0.351 e. The van der Waals surface area contributed by atoms with Crippen LogP contribution < -0.4 is 0 Å². The Labute approximate surface area is 72.9 Å². The molecule has 0 spiro atoms. The monoisotopic (exact) mass is 163 g/mol. The molecule has 0 amide bonds. The second-order valence-electron chi connectivity index (χ2n) is 2.70. The zero-order chi connectivity index (χ0) is 8.97. The quantitative estimate of drug-likeness (QED) is 0.579. The van der Waals surface area contributed by atoms with Gasteiger partial charge in [-0.1, -0.05) is 13.0 Å². The van der Waals surface area contributed by atoms with Crippen LogP contribution in [0.3, 0.4) is 0 Å². The molecule has 0 fully saturated rings. The summed E-state index contributed by atoms with van der Waals surface area (Å²) in [7, 11) is 1.93. The molecule has 0 aromatic heterocycles. The lowest BCUT2D eigenvalue weighted by Gasteiger charge is -2.17. The van der Waals surface area contributed by atoms with Gasteiger partial charge in [-0.3, -0.25) is 4.79 Å². The van der Waals surface area contributed by atoms with E-state index in [1.807, 2.05) is 43.3 Å². The molecule has 0 N–H and O–H groups in total. The van der Waals surface area contributed by atoms with Gasteiger partial charge in [0.05, 0.1) is 0 Å². The van der Waals surface area contributed by atoms with Crippen molar-refractivity contribution < 1.29 is 4.79 Å². The highest BCUT2D eigenvalue weighted by molar-refractivity contribution is 5.90. The van der Waals surface area contributed by atoms with Gasteiger partial charge >= 0.3 is 0 Å². The molecule has 1 aliphatic rings. The molecule has 0 aromatic rings. The molecule has 0 aromatic carbocycles. The summed E-state index contributed by atoms with van der Waals surface area (Å²) in [6.45, 7) is 1.86. The summed E-state index contributed by atoms with van der Waals surface area (Å²) in [5.41, 5.74) is 0.948. The standard InChI is InChI=1S/C10H13NO/c1-3-10(12)8-9-6-4-5-7-11(9)2/h4-8H,3H2,1-2H3/b9-8+. The average Bonchev–Trinajstić information content (AvgIpc) is 2.09. The fraction of sp³-hybridized carbons (Fsp3) is 0.300. The number of hydrogen-bond donors (Lipinski definition) is 0. The van der Waals surface area contributed by atoms with Crippen molar-refractivity contribution in [1.82, 2.24) is 4.90 Å². The molecule has 0 bridgehead atoms. The van der Waals surface area contributed by atoms with Gasteiger partial charge in [0.25, 0.3) is 0 Å². The van der Waals surface area contributed by atoms with Crippen LogP contribution in [-0.2, 0) is 4.79 Å². The number of likely N-dealkylation sites (N-methyl/N-ethyl adjacent to an activating group) is 1. The molecule has 0 aliphatic carbocycles. The van der Waals surface area contributed by atoms with E-state index in [1.165, 1.54) is 0 Å². The van der Waals surface area contributed by atoms with E-state index in [0.717, 1.165) is 5.70 Å². The van der Waals surface area contributed by atoms with Crippen molar-refractivity contribution in [1.29, 1.82) is 0 Å². The average molecular weight is 163 g/mol. The molecule has 0 saturated carbocycles. The van der Waals surface area contributed by atoms with Crippen molar-refractivity contribution in [3.05, 3.63) is 36.2 Å². The molecule has 0 unspecified atom stereocenters.